The van der Waals surface area contributed by atoms with Crippen molar-refractivity contribution in [2.24, 2.45) is 0 Å². The molecule has 1 saturated heterocycles. The van der Waals surface area contributed by atoms with Crippen LogP contribution in [-0.2, 0) is 10.0 Å². The predicted molar refractivity (Wildman–Crippen MR) is 130 cm³/mol. The van der Waals surface area contributed by atoms with Crippen molar-refractivity contribution in [2.75, 3.05) is 26.2 Å². The molecule has 0 atom stereocenters. The third kappa shape index (κ3) is 4.20. The third-order valence-electron chi connectivity index (χ3n) is 7.26. The molecular weight excluding hydrogens is 434 g/mol. The molecule has 1 aliphatic heterocycles. The van der Waals surface area contributed by atoms with Gasteiger partial charge in [-0.05, 0) is 56.9 Å². The van der Waals surface area contributed by atoms with Crippen LogP contribution in [0.25, 0.3) is 16.8 Å². The van der Waals surface area contributed by atoms with Gasteiger partial charge in [0.2, 0.25) is 10.0 Å². The zero-order valence-electron chi connectivity index (χ0n) is 19.8. The average Bonchev–Trinajstić information content (AvgIpc) is 3.24. The summed E-state index contributed by atoms with van der Waals surface area (Å²) in [5.74, 6) is 0. The fraction of sp³-hybridized carbons (Fsp3) is 0.520. The van der Waals surface area contributed by atoms with E-state index in [1.807, 2.05) is 39.0 Å². The molecule has 3 heterocycles. The molecule has 2 aliphatic rings. The molecule has 1 aliphatic carbocycles. The zero-order chi connectivity index (χ0) is 23.2. The Hall–Kier alpha value is -2.29. The number of fused-ring (bicyclic) bond motifs is 1. The fourth-order valence-corrected chi connectivity index (χ4v) is 7.09. The minimum absolute atomic E-state index is 0.384. The van der Waals surface area contributed by atoms with Crippen molar-refractivity contribution < 1.29 is 8.42 Å². The summed E-state index contributed by atoms with van der Waals surface area (Å²) in [5.41, 5.74) is 5.11. The maximum atomic E-state index is 13.7. The second-order valence-electron chi connectivity index (χ2n) is 9.54. The van der Waals surface area contributed by atoms with Gasteiger partial charge < -0.3 is 0 Å². The molecular formula is C25H33N5O2S. The molecule has 0 N–H and O–H groups in total. The van der Waals surface area contributed by atoms with E-state index in [9.17, 15) is 8.42 Å². The highest BCUT2D eigenvalue weighted by Crippen LogP contribution is 2.31. The zero-order valence-corrected chi connectivity index (χ0v) is 20.6. The van der Waals surface area contributed by atoms with Gasteiger partial charge in [0.25, 0.3) is 0 Å². The Labute approximate surface area is 196 Å². The number of aryl methyl sites for hydroxylation is 3. The first-order valence-electron chi connectivity index (χ1n) is 12.0. The lowest BCUT2D eigenvalue weighted by Crippen LogP contribution is -2.52. The highest BCUT2D eigenvalue weighted by atomic mass is 32.2. The number of piperazine rings is 1. The van der Waals surface area contributed by atoms with E-state index in [-0.39, 0.29) is 0 Å². The second kappa shape index (κ2) is 8.81. The smallest absolute Gasteiger partial charge is 0.243 e. The summed E-state index contributed by atoms with van der Waals surface area (Å²) < 4.78 is 30.8. The van der Waals surface area contributed by atoms with Crippen molar-refractivity contribution in [1.29, 1.82) is 0 Å². The normalized spacial score (nSPS) is 19.4. The Bertz CT molecular complexity index is 1270. The average molecular weight is 468 g/mol. The molecule has 1 saturated carbocycles. The summed E-state index contributed by atoms with van der Waals surface area (Å²) in [4.78, 5) is 7.55. The van der Waals surface area contributed by atoms with Gasteiger partial charge in [-0.15, -0.1) is 0 Å². The lowest BCUT2D eigenvalue weighted by atomic mass is 9.94. The molecule has 0 radical (unpaired) electrons. The third-order valence-corrected chi connectivity index (χ3v) is 9.30. The predicted octanol–water partition coefficient (Wildman–Crippen LogP) is 3.96. The molecule has 0 amide bonds. The number of benzene rings is 1. The van der Waals surface area contributed by atoms with Crippen molar-refractivity contribution in [1.82, 2.24) is 23.8 Å². The number of rotatable bonds is 4. The first-order valence-corrected chi connectivity index (χ1v) is 13.5. The van der Waals surface area contributed by atoms with Crippen LogP contribution in [0.1, 0.15) is 49.1 Å². The lowest BCUT2D eigenvalue weighted by Gasteiger charge is -2.40. The number of hydrogen-bond acceptors (Lipinski definition) is 5. The monoisotopic (exact) mass is 467 g/mol. The molecule has 1 aromatic carbocycles. The molecule has 3 aromatic rings. The highest BCUT2D eigenvalue weighted by Gasteiger charge is 2.32. The van der Waals surface area contributed by atoms with Crippen molar-refractivity contribution in [3.05, 3.63) is 47.4 Å². The Morgan fingerprint density at radius 1 is 0.939 bits per heavy atom. The van der Waals surface area contributed by atoms with E-state index in [0.717, 1.165) is 46.8 Å². The van der Waals surface area contributed by atoms with E-state index in [2.05, 4.69) is 15.0 Å². The SMILES string of the molecule is Cc1cc(C)n2ncc(-c3ccc(C)c(S(=O)(=O)N4CCN(C5CCCCC5)CC4)c3)c2n1. The van der Waals surface area contributed by atoms with Crippen LogP contribution in [0.2, 0.25) is 0 Å². The maximum absolute atomic E-state index is 13.7. The summed E-state index contributed by atoms with van der Waals surface area (Å²) in [6.07, 6.45) is 8.21. The van der Waals surface area contributed by atoms with Crippen LogP contribution < -0.4 is 0 Å². The number of nitrogens with zero attached hydrogens (tertiary/aromatic N) is 5. The molecule has 7 nitrogen and oxygen atoms in total. The first-order chi connectivity index (χ1) is 15.8. The highest BCUT2D eigenvalue weighted by molar-refractivity contribution is 7.89. The Morgan fingerprint density at radius 2 is 1.67 bits per heavy atom. The van der Waals surface area contributed by atoms with Gasteiger partial charge in [0, 0.05) is 49.2 Å². The van der Waals surface area contributed by atoms with Crippen LogP contribution in [0, 0.1) is 20.8 Å². The minimum Gasteiger partial charge on any atom is -0.298 e. The van der Waals surface area contributed by atoms with Gasteiger partial charge >= 0.3 is 0 Å². The van der Waals surface area contributed by atoms with Crippen LogP contribution in [0.5, 0.6) is 0 Å². The van der Waals surface area contributed by atoms with E-state index >= 15 is 0 Å². The van der Waals surface area contributed by atoms with Crippen LogP contribution in [0.15, 0.2) is 35.4 Å². The number of hydrogen-bond donors (Lipinski definition) is 0. The van der Waals surface area contributed by atoms with Gasteiger partial charge in [0.15, 0.2) is 5.65 Å². The standard InChI is InChI=1S/C25H33N5O2S/c1-18-9-10-21(23-17-26-30-20(3)15-19(2)27-25(23)30)16-24(18)33(31,32)29-13-11-28(12-14-29)22-7-5-4-6-8-22/h9-10,15-17,22H,4-8,11-14H2,1-3H3. The second-order valence-corrected chi connectivity index (χ2v) is 11.5. The molecule has 0 spiro atoms. The maximum Gasteiger partial charge on any atom is 0.243 e. The van der Waals surface area contributed by atoms with Gasteiger partial charge in [-0.1, -0.05) is 31.4 Å². The van der Waals surface area contributed by atoms with Gasteiger partial charge in [-0.3, -0.25) is 4.90 Å². The Morgan fingerprint density at radius 3 is 2.39 bits per heavy atom. The topological polar surface area (TPSA) is 70.8 Å². The van der Waals surface area contributed by atoms with Gasteiger partial charge in [0.1, 0.15) is 0 Å². The molecule has 8 heteroatoms. The number of sulfonamides is 1. The lowest BCUT2D eigenvalue weighted by molar-refractivity contribution is 0.111. The molecule has 33 heavy (non-hydrogen) atoms. The molecule has 176 valence electrons. The van der Waals surface area contributed by atoms with E-state index in [4.69, 9.17) is 0 Å². The van der Waals surface area contributed by atoms with Crippen molar-refractivity contribution in [3.63, 3.8) is 0 Å². The van der Waals surface area contributed by atoms with E-state index < -0.39 is 10.0 Å². The van der Waals surface area contributed by atoms with Crippen LogP contribution >= 0.6 is 0 Å². The summed E-state index contributed by atoms with van der Waals surface area (Å²) in [6.45, 7) is 8.58. The summed E-state index contributed by atoms with van der Waals surface area (Å²) in [6, 6.07) is 8.28. The first kappa shape index (κ1) is 22.5. The van der Waals surface area contributed by atoms with E-state index in [0.29, 0.717) is 24.0 Å². The fourth-order valence-electron chi connectivity index (χ4n) is 5.41. The van der Waals surface area contributed by atoms with E-state index in [1.165, 1.54) is 32.1 Å². The van der Waals surface area contributed by atoms with Crippen molar-refractivity contribution >= 4 is 15.7 Å². The molecule has 2 fully saturated rings. The molecule has 0 unspecified atom stereocenters. The van der Waals surface area contributed by atoms with Gasteiger partial charge in [-0.25, -0.2) is 17.9 Å². The van der Waals surface area contributed by atoms with Gasteiger partial charge in [0.05, 0.1) is 11.1 Å². The summed E-state index contributed by atoms with van der Waals surface area (Å²) in [5, 5.41) is 4.48. The summed E-state index contributed by atoms with van der Waals surface area (Å²) >= 11 is 0. The number of aromatic nitrogens is 3. The quantitative estimate of drug-likeness (QED) is 0.581. The van der Waals surface area contributed by atoms with Crippen molar-refractivity contribution in [2.45, 2.75) is 63.8 Å². The molecule has 5 rings (SSSR count). The van der Waals surface area contributed by atoms with Crippen molar-refractivity contribution in [3.8, 4) is 11.1 Å². The van der Waals surface area contributed by atoms with E-state index in [1.54, 1.807) is 21.1 Å². The largest absolute Gasteiger partial charge is 0.298 e. The minimum atomic E-state index is -3.57. The Kier molecular flexibility index (Phi) is 6.01. The van der Waals surface area contributed by atoms with Crippen LogP contribution in [-0.4, -0.2) is 64.4 Å². The van der Waals surface area contributed by atoms with Gasteiger partial charge in [-0.2, -0.15) is 9.40 Å². The van der Waals surface area contributed by atoms with Crippen LogP contribution in [0.4, 0.5) is 0 Å². The van der Waals surface area contributed by atoms with Crippen LogP contribution in [0.3, 0.4) is 0 Å². The Balaban J connectivity index is 1.42. The molecule has 0 bridgehead atoms. The summed E-state index contributed by atoms with van der Waals surface area (Å²) in [7, 11) is -3.57. The molecule has 2 aromatic heterocycles.